The van der Waals surface area contributed by atoms with Gasteiger partial charge in [0.05, 0.1) is 25.8 Å². The molecule has 2 amide bonds. The van der Waals surface area contributed by atoms with Gasteiger partial charge in [0, 0.05) is 5.69 Å². The van der Waals surface area contributed by atoms with Crippen LogP contribution < -0.4 is 20.1 Å². The molecule has 2 aromatic carbocycles. The Morgan fingerprint density at radius 2 is 1.64 bits per heavy atom. The molecule has 0 aliphatic carbocycles. The van der Waals surface area contributed by atoms with Crippen LogP contribution in [-0.4, -0.2) is 44.7 Å². The van der Waals surface area contributed by atoms with E-state index in [9.17, 15) is 14.4 Å². The van der Waals surface area contributed by atoms with Crippen LogP contribution >= 0.6 is 0 Å². The molecule has 0 atom stereocenters. The first-order valence-electron chi connectivity index (χ1n) is 10.9. The standard InChI is InChI=1S/C25H32N2O6/c1-6-7-10-32-20-9-8-19(13-21(20)31-5)25(30)33-15-23(29)26-14-22(28)27-24-17(3)11-16(2)12-18(24)4/h8-9,11-13H,6-7,10,14-15H2,1-5H3,(H,26,29)(H,27,28). The van der Waals surface area contributed by atoms with Crippen molar-refractivity contribution in [2.24, 2.45) is 0 Å². The number of rotatable bonds is 11. The fourth-order valence-electron chi connectivity index (χ4n) is 3.25. The number of nitrogens with one attached hydrogen (secondary N) is 2. The quantitative estimate of drug-likeness (QED) is 0.395. The van der Waals surface area contributed by atoms with Gasteiger partial charge in [-0.25, -0.2) is 4.79 Å². The molecule has 8 nitrogen and oxygen atoms in total. The highest BCUT2D eigenvalue weighted by molar-refractivity contribution is 5.96. The van der Waals surface area contributed by atoms with E-state index in [2.05, 4.69) is 17.6 Å². The Hall–Kier alpha value is -3.55. The molecule has 0 saturated carbocycles. The summed E-state index contributed by atoms with van der Waals surface area (Å²) >= 11 is 0. The SMILES string of the molecule is CCCCOc1ccc(C(=O)OCC(=O)NCC(=O)Nc2c(C)cc(C)cc2C)cc1OC. The Morgan fingerprint density at radius 3 is 2.27 bits per heavy atom. The zero-order chi connectivity index (χ0) is 24.4. The van der Waals surface area contributed by atoms with Crippen LogP contribution in [0.2, 0.25) is 0 Å². The van der Waals surface area contributed by atoms with Crippen LogP contribution in [0.1, 0.15) is 46.8 Å². The lowest BCUT2D eigenvalue weighted by molar-refractivity contribution is -0.126. The minimum Gasteiger partial charge on any atom is -0.493 e. The van der Waals surface area contributed by atoms with Crippen molar-refractivity contribution in [3.63, 3.8) is 0 Å². The summed E-state index contributed by atoms with van der Waals surface area (Å²) in [4.78, 5) is 36.5. The van der Waals surface area contributed by atoms with Gasteiger partial charge in [0.25, 0.3) is 5.91 Å². The van der Waals surface area contributed by atoms with E-state index < -0.39 is 18.5 Å². The van der Waals surface area contributed by atoms with Crippen molar-refractivity contribution in [2.75, 3.05) is 32.2 Å². The summed E-state index contributed by atoms with van der Waals surface area (Å²) in [5.74, 6) is -0.692. The van der Waals surface area contributed by atoms with E-state index >= 15 is 0 Å². The van der Waals surface area contributed by atoms with Gasteiger partial charge >= 0.3 is 5.97 Å². The third kappa shape index (κ3) is 7.82. The Morgan fingerprint density at radius 1 is 0.939 bits per heavy atom. The summed E-state index contributed by atoms with van der Waals surface area (Å²) in [6, 6.07) is 8.62. The highest BCUT2D eigenvalue weighted by atomic mass is 16.5. The van der Waals surface area contributed by atoms with Crippen molar-refractivity contribution in [1.29, 1.82) is 0 Å². The number of amides is 2. The lowest BCUT2D eigenvalue weighted by Gasteiger charge is -2.13. The van der Waals surface area contributed by atoms with Gasteiger partial charge in [0.2, 0.25) is 5.91 Å². The van der Waals surface area contributed by atoms with Crippen LogP contribution in [0, 0.1) is 20.8 Å². The highest BCUT2D eigenvalue weighted by Crippen LogP contribution is 2.28. The number of anilines is 1. The number of ether oxygens (including phenoxy) is 3. The largest absolute Gasteiger partial charge is 0.493 e. The third-order valence-electron chi connectivity index (χ3n) is 4.88. The Bertz CT molecular complexity index is 979. The smallest absolute Gasteiger partial charge is 0.338 e. The van der Waals surface area contributed by atoms with Crippen molar-refractivity contribution in [3.8, 4) is 11.5 Å². The van der Waals surface area contributed by atoms with E-state index in [1.165, 1.54) is 13.2 Å². The van der Waals surface area contributed by atoms with Crippen LogP contribution in [0.4, 0.5) is 5.69 Å². The normalized spacial score (nSPS) is 10.3. The second-order valence-electron chi connectivity index (χ2n) is 7.74. The molecule has 0 saturated heterocycles. The molecule has 0 radical (unpaired) electrons. The van der Waals surface area contributed by atoms with Gasteiger partial charge in [0.1, 0.15) is 0 Å². The second-order valence-corrected chi connectivity index (χ2v) is 7.74. The third-order valence-corrected chi connectivity index (χ3v) is 4.88. The zero-order valence-corrected chi connectivity index (χ0v) is 19.9. The number of benzene rings is 2. The summed E-state index contributed by atoms with van der Waals surface area (Å²) in [7, 11) is 1.48. The summed E-state index contributed by atoms with van der Waals surface area (Å²) in [5.41, 5.74) is 3.94. The fourth-order valence-corrected chi connectivity index (χ4v) is 3.25. The summed E-state index contributed by atoms with van der Waals surface area (Å²) in [5, 5.41) is 5.25. The molecular weight excluding hydrogens is 424 g/mol. The molecule has 0 aromatic heterocycles. The summed E-state index contributed by atoms with van der Waals surface area (Å²) in [6.45, 7) is 7.67. The molecule has 33 heavy (non-hydrogen) atoms. The van der Waals surface area contributed by atoms with E-state index in [1.54, 1.807) is 12.1 Å². The van der Waals surface area contributed by atoms with Crippen molar-refractivity contribution >= 4 is 23.5 Å². The van der Waals surface area contributed by atoms with E-state index in [4.69, 9.17) is 14.2 Å². The van der Waals surface area contributed by atoms with Gasteiger partial charge in [-0.3, -0.25) is 9.59 Å². The molecule has 2 N–H and O–H groups in total. The van der Waals surface area contributed by atoms with Crippen LogP contribution in [-0.2, 0) is 14.3 Å². The Labute approximate surface area is 194 Å². The van der Waals surface area contributed by atoms with Crippen LogP contribution in [0.25, 0.3) is 0 Å². The maximum Gasteiger partial charge on any atom is 0.338 e. The first-order chi connectivity index (χ1) is 15.7. The Kier molecular flexibility index (Phi) is 9.72. The van der Waals surface area contributed by atoms with Gasteiger partial charge in [-0.15, -0.1) is 0 Å². The predicted octanol–water partition coefficient (Wildman–Crippen LogP) is 3.71. The van der Waals surface area contributed by atoms with Gasteiger partial charge in [0.15, 0.2) is 18.1 Å². The number of aryl methyl sites for hydroxylation is 3. The topological polar surface area (TPSA) is 103 Å². The molecule has 0 spiro atoms. The minimum absolute atomic E-state index is 0.227. The molecule has 0 unspecified atom stereocenters. The number of carbonyl (C=O) groups excluding carboxylic acids is 3. The minimum atomic E-state index is -0.682. The molecule has 0 aliphatic heterocycles. The number of unbranched alkanes of at least 4 members (excludes halogenated alkanes) is 1. The molecule has 178 valence electrons. The lowest BCUT2D eigenvalue weighted by atomic mass is 10.1. The van der Waals surface area contributed by atoms with Gasteiger partial charge in [-0.1, -0.05) is 31.0 Å². The Balaban J connectivity index is 1.83. The van der Waals surface area contributed by atoms with Crippen molar-refractivity contribution in [2.45, 2.75) is 40.5 Å². The number of hydrogen-bond acceptors (Lipinski definition) is 6. The molecule has 0 fully saturated rings. The van der Waals surface area contributed by atoms with Crippen LogP contribution in [0.3, 0.4) is 0 Å². The van der Waals surface area contributed by atoms with Gasteiger partial charge < -0.3 is 24.8 Å². The summed E-state index contributed by atoms with van der Waals surface area (Å²) < 4.78 is 16.0. The van der Waals surface area contributed by atoms with Crippen LogP contribution in [0.5, 0.6) is 11.5 Å². The molecule has 2 rings (SSSR count). The predicted molar refractivity (Wildman–Crippen MR) is 126 cm³/mol. The van der Waals surface area contributed by atoms with E-state index in [1.807, 2.05) is 32.9 Å². The van der Waals surface area contributed by atoms with Gasteiger partial charge in [-0.2, -0.15) is 0 Å². The number of methoxy groups -OCH3 is 1. The molecule has 0 bridgehead atoms. The maximum absolute atomic E-state index is 12.3. The van der Waals surface area contributed by atoms with Crippen LogP contribution in [0.15, 0.2) is 30.3 Å². The average molecular weight is 457 g/mol. The van der Waals surface area contributed by atoms with Gasteiger partial charge in [-0.05, 0) is 56.5 Å². The highest BCUT2D eigenvalue weighted by Gasteiger charge is 2.15. The first kappa shape index (κ1) is 25.7. The fraction of sp³-hybridized carbons (Fsp3) is 0.400. The summed E-state index contributed by atoms with van der Waals surface area (Å²) in [6.07, 6.45) is 1.91. The van der Waals surface area contributed by atoms with Crippen molar-refractivity contribution < 1.29 is 28.6 Å². The van der Waals surface area contributed by atoms with E-state index in [0.717, 1.165) is 35.2 Å². The van der Waals surface area contributed by atoms with E-state index in [0.29, 0.717) is 18.1 Å². The van der Waals surface area contributed by atoms with E-state index in [-0.39, 0.29) is 18.0 Å². The molecule has 8 heteroatoms. The zero-order valence-electron chi connectivity index (χ0n) is 19.9. The lowest BCUT2D eigenvalue weighted by Crippen LogP contribution is -2.35. The number of carbonyl (C=O) groups is 3. The van der Waals surface area contributed by atoms with Crippen molar-refractivity contribution in [1.82, 2.24) is 5.32 Å². The van der Waals surface area contributed by atoms with Crippen molar-refractivity contribution in [3.05, 3.63) is 52.6 Å². The molecule has 2 aromatic rings. The second kappa shape index (κ2) is 12.5. The number of esters is 1. The number of hydrogen-bond donors (Lipinski definition) is 2. The average Bonchev–Trinajstić information content (AvgIpc) is 2.78. The molecule has 0 aliphatic rings. The molecular formula is C25H32N2O6. The maximum atomic E-state index is 12.3. The monoisotopic (exact) mass is 456 g/mol. The first-order valence-corrected chi connectivity index (χ1v) is 10.9. The molecule has 0 heterocycles.